The second-order valence-corrected chi connectivity index (χ2v) is 11.0. The number of amides is 1. The quantitative estimate of drug-likeness (QED) is 0.701. The van der Waals surface area contributed by atoms with Gasteiger partial charge in [-0.15, -0.1) is 11.3 Å². The molecule has 0 spiro atoms. The minimum atomic E-state index is -3.16. The molecule has 2 aromatic rings. The molecule has 1 aromatic carbocycles. The average Bonchev–Trinajstić information content (AvgIpc) is 3.22. The summed E-state index contributed by atoms with van der Waals surface area (Å²) in [5.74, 6) is 0.130. The summed E-state index contributed by atoms with van der Waals surface area (Å²) in [5, 5.41) is 3.20. The molecule has 2 aliphatic heterocycles. The van der Waals surface area contributed by atoms with Gasteiger partial charge in [-0.25, -0.2) is 17.7 Å². The number of carbonyl (C=O) groups excluding carboxylic acids is 1. The fourth-order valence-corrected chi connectivity index (χ4v) is 5.85. The lowest BCUT2D eigenvalue weighted by atomic mass is 9.96. The molecule has 2 aliphatic rings. The van der Waals surface area contributed by atoms with Crippen LogP contribution in [0.1, 0.15) is 17.8 Å². The molecule has 2 fully saturated rings. The van der Waals surface area contributed by atoms with E-state index in [0.717, 1.165) is 49.0 Å². The highest BCUT2D eigenvalue weighted by atomic mass is 32.2. The summed E-state index contributed by atoms with van der Waals surface area (Å²) >= 11 is 1.68. The van der Waals surface area contributed by atoms with Crippen LogP contribution in [-0.4, -0.2) is 78.9 Å². The summed E-state index contributed by atoms with van der Waals surface area (Å²) in [6.07, 6.45) is 2.47. The van der Waals surface area contributed by atoms with Crippen molar-refractivity contribution in [3.8, 4) is 11.3 Å². The highest BCUT2D eigenvalue weighted by Gasteiger charge is 2.32. The number of carbonyl (C=O) groups is 1. The van der Waals surface area contributed by atoms with Gasteiger partial charge in [-0.05, 0) is 12.8 Å². The van der Waals surface area contributed by atoms with Crippen LogP contribution < -0.4 is 0 Å². The van der Waals surface area contributed by atoms with Gasteiger partial charge in [-0.3, -0.25) is 9.69 Å². The first-order chi connectivity index (χ1) is 14.4. The molecule has 1 amide bonds. The second-order valence-electron chi connectivity index (χ2n) is 8.03. The van der Waals surface area contributed by atoms with Crippen molar-refractivity contribution in [1.82, 2.24) is 19.1 Å². The van der Waals surface area contributed by atoms with E-state index in [4.69, 9.17) is 4.98 Å². The molecule has 0 unspecified atom stereocenters. The predicted octanol–water partition coefficient (Wildman–Crippen LogP) is 2.13. The van der Waals surface area contributed by atoms with E-state index in [1.54, 1.807) is 11.3 Å². The van der Waals surface area contributed by atoms with Gasteiger partial charge in [0.1, 0.15) is 5.01 Å². The molecule has 0 atom stereocenters. The van der Waals surface area contributed by atoms with E-state index in [2.05, 4.69) is 22.4 Å². The van der Waals surface area contributed by atoms with Crippen LogP contribution in [0.5, 0.6) is 0 Å². The number of nitrogens with zero attached hydrogens (tertiary/aromatic N) is 4. The maximum Gasteiger partial charge on any atom is 0.225 e. The Morgan fingerprint density at radius 3 is 2.37 bits per heavy atom. The second kappa shape index (κ2) is 9.13. The highest BCUT2D eigenvalue weighted by molar-refractivity contribution is 7.88. The van der Waals surface area contributed by atoms with E-state index < -0.39 is 10.0 Å². The van der Waals surface area contributed by atoms with Crippen LogP contribution >= 0.6 is 11.3 Å². The Kier molecular flexibility index (Phi) is 6.52. The molecule has 0 aliphatic carbocycles. The number of hydrogen-bond acceptors (Lipinski definition) is 6. The van der Waals surface area contributed by atoms with Gasteiger partial charge in [-0.2, -0.15) is 0 Å². The van der Waals surface area contributed by atoms with Crippen molar-refractivity contribution in [3.05, 3.63) is 40.7 Å². The SMILES string of the molecule is CS(=O)(=O)N1CCC(C(=O)N2CCN(Cc3nc(-c4ccccc4)cs3)CC2)CC1. The highest BCUT2D eigenvalue weighted by Crippen LogP contribution is 2.24. The van der Waals surface area contributed by atoms with E-state index in [9.17, 15) is 13.2 Å². The first-order valence-electron chi connectivity index (χ1n) is 10.4. The molecular formula is C21H28N4O3S2. The van der Waals surface area contributed by atoms with Crippen molar-refractivity contribution in [2.75, 3.05) is 45.5 Å². The number of hydrogen-bond donors (Lipinski definition) is 0. The maximum atomic E-state index is 12.9. The number of aromatic nitrogens is 1. The van der Waals surface area contributed by atoms with Crippen molar-refractivity contribution >= 4 is 27.3 Å². The summed E-state index contributed by atoms with van der Waals surface area (Å²) in [7, 11) is -3.16. The van der Waals surface area contributed by atoms with Gasteiger partial charge in [0, 0.05) is 56.1 Å². The zero-order valence-electron chi connectivity index (χ0n) is 17.2. The van der Waals surface area contributed by atoms with Gasteiger partial charge in [0.25, 0.3) is 0 Å². The van der Waals surface area contributed by atoms with E-state index in [-0.39, 0.29) is 11.8 Å². The third-order valence-corrected chi connectivity index (χ3v) is 8.07. The van der Waals surface area contributed by atoms with Crippen molar-refractivity contribution in [2.45, 2.75) is 19.4 Å². The van der Waals surface area contributed by atoms with E-state index in [1.807, 2.05) is 23.1 Å². The van der Waals surface area contributed by atoms with Crippen LogP contribution in [-0.2, 0) is 21.4 Å². The van der Waals surface area contributed by atoms with Crippen LogP contribution in [0.3, 0.4) is 0 Å². The van der Waals surface area contributed by atoms with Gasteiger partial charge in [-0.1, -0.05) is 30.3 Å². The third kappa shape index (κ3) is 5.08. The Morgan fingerprint density at radius 2 is 1.73 bits per heavy atom. The number of benzene rings is 1. The largest absolute Gasteiger partial charge is 0.340 e. The predicted molar refractivity (Wildman–Crippen MR) is 119 cm³/mol. The van der Waals surface area contributed by atoms with Gasteiger partial charge >= 0.3 is 0 Å². The van der Waals surface area contributed by atoms with E-state index in [0.29, 0.717) is 25.9 Å². The molecular weight excluding hydrogens is 420 g/mol. The minimum Gasteiger partial charge on any atom is -0.340 e. The topological polar surface area (TPSA) is 73.8 Å². The van der Waals surface area contributed by atoms with Crippen LogP contribution in [0.15, 0.2) is 35.7 Å². The lowest BCUT2D eigenvalue weighted by molar-refractivity contribution is -0.138. The van der Waals surface area contributed by atoms with Crippen molar-refractivity contribution in [3.63, 3.8) is 0 Å². The normalized spacial score (nSPS) is 19.8. The first-order valence-corrected chi connectivity index (χ1v) is 13.1. The van der Waals surface area contributed by atoms with Gasteiger partial charge < -0.3 is 4.90 Å². The van der Waals surface area contributed by atoms with Crippen LogP contribution in [0.25, 0.3) is 11.3 Å². The summed E-state index contributed by atoms with van der Waals surface area (Å²) in [5.41, 5.74) is 2.15. The van der Waals surface area contributed by atoms with Gasteiger partial charge in [0.15, 0.2) is 0 Å². The maximum absolute atomic E-state index is 12.9. The van der Waals surface area contributed by atoms with Crippen molar-refractivity contribution < 1.29 is 13.2 Å². The minimum absolute atomic E-state index is 0.0538. The molecule has 30 heavy (non-hydrogen) atoms. The lowest BCUT2D eigenvalue weighted by Gasteiger charge is -2.38. The molecule has 0 radical (unpaired) electrons. The van der Waals surface area contributed by atoms with Crippen molar-refractivity contribution in [2.24, 2.45) is 5.92 Å². The molecule has 1 aromatic heterocycles. The third-order valence-electron chi connectivity index (χ3n) is 5.94. The Morgan fingerprint density at radius 1 is 1.07 bits per heavy atom. The molecule has 4 rings (SSSR count). The summed E-state index contributed by atoms with van der Waals surface area (Å²) in [6.45, 7) is 4.84. The molecule has 3 heterocycles. The van der Waals surface area contributed by atoms with Crippen molar-refractivity contribution in [1.29, 1.82) is 0 Å². The number of thiazole rings is 1. The summed E-state index contributed by atoms with van der Waals surface area (Å²) in [4.78, 5) is 21.9. The Balaban J connectivity index is 1.25. The zero-order chi connectivity index (χ0) is 21.1. The summed E-state index contributed by atoms with van der Waals surface area (Å²) in [6, 6.07) is 10.2. The molecule has 2 saturated heterocycles. The van der Waals surface area contributed by atoms with Crippen LogP contribution in [0.4, 0.5) is 0 Å². The monoisotopic (exact) mass is 448 g/mol. The standard InChI is InChI=1S/C21H28N4O3S2/c1-30(27,28)25-9-7-18(8-10-25)21(26)24-13-11-23(12-14-24)15-20-22-19(16-29-20)17-5-3-2-4-6-17/h2-6,16,18H,7-15H2,1H3. The van der Waals surface area contributed by atoms with Gasteiger partial charge in [0.2, 0.25) is 15.9 Å². The molecule has 0 bridgehead atoms. The fraction of sp³-hybridized carbons (Fsp3) is 0.524. The number of rotatable bonds is 5. The zero-order valence-corrected chi connectivity index (χ0v) is 18.9. The first kappa shape index (κ1) is 21.4. The van der Waals surface area contributed by atoms with Crippen LogP contribution in [0, 0.1) is 5.92 Å². The lowest BCUT2D eigenvalue weighted by Crippen LogP contribution is -2.51. The Labute approximate surface area is 182 Å². The van der Waals surface area contributed by atoms with Gasteiger partial charge in [0.05, 0.1) is 18.5 Å². The molecule has 9 heteroatoms. The Bertz CT molecular complexity index is 961. The van der Waals surface area contributed by atoms with E-state index in [1.165, 1.54) is 10.6 Å². The fourth-order valence-electron chi connectivity index (χ4n) is 4.14. The molecule has 0 N–H and O–H groups in total. The summed E-state index contributed by atoms with van der Waals surface area (Å²) < 4.78 is 24.8. The Hall–Kier alpha value is -1.81. The number of piperidine rings is 1. The smallest absolute Gasteiger partial charge is 0.225 e. The molecule has 7 nitrogen and oxygen atoms in total. The number of piperazine rings is 1. The van der Waals surface area contributed by atoms with Crippen LogP contribution in [0.2, 0.25) is 0 Å². The molecule has 0 saturated carbocycles. The molecule has 162 valence electrons. The average molecular weight is 449 g/mol. The van der Waals surface area contributed by atoms with E-state index >= 15 is 0 Å². The number of sulfonamides is 1.